The predicted octanol–water partition coefficient (Wildman–Crippen LogP) is 2.43. The van der Waals surface area contributed by atoms with Crippen LogP contribution in [-0.2, 0) is 14.8 Å². The van der Waals surface area contributed by atoms with E-state index in [0.717, 1.165) is 13.3 Å². The Kier molecular flexibility index (Phi) is 7.68. The van der Waals surface area contributed by atoms with Crippen molar-refractivity contribution < 1.29 is 22.7 Å². The molecule has 0 heterocycles. The number of nitrogens with one attached hydrogen (secondary N) is 3. The van der Waals surface area contributed by atoms with E-state index < -0.39 is 21.8 Å². The topological polar surface area (TPSA) is 114 Å². The number of anilines is 1. The van der Waals surface area contributed by atoms with Crippen molar-refractivity contribution in [2.45, 2.75) is 25.2 Å². The molecule has 0 aromatic heterocycles. The standard InChI is InChI=1S/C19H21N3O5S2/c1-3-12-27-16-8-4-14(5-9-16)18(24)21-19(28)20-15-6-10-17(11-7-15)29(25,26)22-13(2)23/h4-11H,3,12H2,1-2H3,(H,22,23)(H2,20,21,24,28). The van der Waals surface area contributed by atoms with Crippen LogP contribution in [0.5, 0.6) is 5.75 Å². The van der Waals surface area contributed by atoms with E-state index in [1.54, 1.807) is 24.3 Å². The van der Waals surface area contributed by atoms with Crippen molar-refractivity contribution in [1.29, 1.82) is 0 Å². The number of rotatable bonds is 7. The van der Waals surface area contributed by atoms with E-state index in [1.807, 2.05) is 11.6 Å². The number of carbonyl (C=O) groups is 2. The van der Waals surface area contributed by atoms with Crippen molar-refractivity contribution in [2.75, 3.05) is 11.9 Å². The molecule has 2 amide bonds. The average molecular weight is 436 g/mol. The summed E-state index contributed by atoms with van der Waals surface area (Å²) < 4.78 is 31.2. The van der Waals surface area contributed by atoms with Crippen LogP contribution in [-0.4, -0.2) is 32.0 Å². The Bertz CT molecular complexity index is 988. The molecule has 0 bridgehead atoms. The third kappa shape index (κ3) is 6.84. The van der Waals surface area contributed by atoms with E-state index in [-0.39, 0.29) is 10.0 Å². The summed E-state index contributed by atoms with van der Waals surface area (Å²) in [6.45, 7) is 3.72. The molecule has 0 aliphatic carbocycles. The minimum Gasteiger partial charge on any atom is -0.494 e. The Labute approximate surface area is 174 Å². The molecule has 0 unspecified atom stereocenters. The van der Waals surface area contributed by atoms with Crippen LogP contribution in [0.2, 0.25) is 0 Å². The lowest BCUT2D eigenvalue weighted by atomic mass is 10.2. The summed E-state index contributed by atoms with van der Waals surface area (Å²) in [6, 6.07) is 12.2. The smallest absolute Gasteiger partial charge is 0.264 e. The van der Waals surface area contributed by atoms with Gasteiger partial charge in [0.15, 0.2) is 5.11 Å². The van der Waals surface area contributed by atoms with Gasteiger partial charge in [-0.3, -0.25) is 14.9 Å². The molecule has 0 saturated carbocycles. The van der Waals surface area contributed by atoms with Crippen LogP contribution in [0.3, 0.4) is 0 Å². The third-order valence-corrected chi connectivity index (χ3v) is 5.17. The van der Waals surface area contributed by atoms with Crippen molar-refractivity contribution >= 4 is 44.9 Å². The molecule has 0 radical (unpaired) electrons. The van der Waals surface area contributed by atoms with Gasteiger partial charge in [-0.05, 0) is 67.2 Å². The number of sulfonamides is 1. The van der Waals surface area contributed by atoms with Gasteiger partial charge in [0.25, 0.3) is 15.9 Å². The first-order valence-corrected chi connectivity index (χ1v) is 10.6. The zero-order chi connectivity index (χ0) is 21.4. The average Bonchev–Trinajstić information content (AvgIpc) is 2.66. The Morgan fingerprint density at radius 2 is 1.66 bits per heavy atom. The molecule has 0 aliphatic rings. The SMILES string of the molecule is CCCOc1ccc(C(=O)NC(=S)Nc2ccc(S(=O)(=O)NC(C)=O)cc2)cc1. The van der Waals surface area contributed by atoms with E-state index in [4.69, 9.17) is 17.0 Å². The van der Waals surface area contributed by atoms with Gasteiger partial charge in [-0.2, -0.15) is 0 Å². The molecule has 2 rings (SSSR count). The fourth-order valence-corrected chi connectivity index (χ4v) is 3.43. The highest BCUT2D eigenvalue weighted by Gasteiger charge is 2.15. The molecular weight excluding hydrogens is 414 g/mol. The zero-order valence-corrected chi connectivity index (χ0v) is 17.5. The highest BCUT2D eigenvalue weighted by atomic mass is 32.2. The molecule has 0 spiro atoms. The number of ether oxygens (including phenoxy) is 1. The lowest BCUT2D eigenvalue weighted by Crippen LogP contribution is -2.34. The molecule has 10 heteroatoms. The van der Waals surface area contributed by atoms with Gasteiger partial charge in [-0.1, -0.05) is 6.92 Å². The van der Waals surface area contributed by atoms with Crippen LogP contribution < -0.4 is 20.1 Å². The molecule has 8 nitrogen and oxygen atoms in total. The summed E-state index contributed by atoms with van der Waals surface area (Å²) in [5.74, 6) is -0.395. The first kappa shape index (κ1) is 22.3. The van der Waals surface area contributed by atoms with Crippen molar-refractivity contribution in [2.24, 2.45) is 0 Å². The van der Waals surface area contributed by atoms with Crippen LogP contribution in [0.15, 0.2) is 53.4 Å². The minimum absolute atomic E-state index is 0.0544. The first-order valence-electron chi connectivity index (χ1n) is 8.70. The van der Waals surface area contributed by atoms with E-state index in [0.29, 0.717) is 23.6 Å². The fraction of sp³-hybridized carbons (Fsp3) is 0.211. The minimum atomic E-state index is -3.91. The van der Waals surface area contributed by atoms with Gasteiger partial charge in [0.1, 0.15) is 5.75 Å². The predicted molar refractivity (Wildman–Crippen MR) is 113 cm³/mol. The normalized spacial score (nSPS) is 10.7. The number of hydrogen-bond donors (Lipinski definition) is 3. The van der Waals surface area contributed by atoms with E-state index in [1.165, 1.54) is 24.3 Å². The molecule has 0 atom stereocenters. The Morgan fingerprint density at radius 3 is 2.21 bits per heavy atom. The van der Waals surface area contributed by atoms with Gasteiger partial charge < -0.3 is 10.1 Å². The number of benzene rings is 2. The van der Waals surface area contributed by atoms with Gasteiger partial charge in [-0.15, -0.1) is 0 Å². The summed E-state index contributed by atoms with van der Waals surface area (Å²) >= 11 is 5.12. The second kappa shape index (κ2) is 9.99. The maximum atomic E-state index is 12.3. The van der Waals surface area contributed by atoms with Gasteiger partial charge in [0, 0.05) is 18.2 Å². The maximum Gasteiger partial charge on any atom is 0.264 e. The van der Waals surface area contributed by atoms with Crippen LogP contribution in [0.4, 0.5) is 5.69 Å². The Hall–Kier alpha value is -2.98. The van der Waals surface area contributed by atoms with Gasteiger partial charge >= 0.3 is 0 Å². The highest BCUT2D eigenvalue weighted by molar-refractivity contribution is 7.90. The number of amides is 2. The van der Waals surface area contributed by atoms with E-state index in [9.17, 15) is 18.0 Å². The Balaban J connectivity index is 1.95. The molecule has 154 valence electrons. The second-order valence-electron chi connectivity index (χ2n) is 5.97. The molecule has 0 saturated heterocycles. The highest BCUT2D eigenvalue weighted by Crippen LogP contribution is 2.15. The van der Waals surface area contributed by atoms with Gasteiger partial charge in [-0.25, -0.2) is 13.1 Å². The van der Waals surface area contributed by atoms with Crippen LogP contribution in [0.25, 0.3) is 0 Å². The second-order valence-corrected chi connectivity index (χ2v) is 8.06. The molecule has 29 heavy (non-hydrogen) atoms. The molecule has 0 aliphatic heterocycles. The summed E-state index contributed by atoms with van der Waals surface area (Å²) in [5, 5.41) is 5.39. The van der Waals surface area contributed by atoms with Crippen molar-refractivity contribution in [3.05, 3.63) is 54.1 Å². The summed E-state index contributed by atoms with van der Waals surface area (Å²) in [4.78, 5) is 23.2. The number of hydrogen-bond acceptors (Lipinski definition) is 6. The lowest BCUT2D eigenvalue weighted by Gasteiger charge is -2.11. The van der Waals surface area contributed by atoms with Gasteiger partial charge in [0.2, 0.25) is 5.91 Å². The molecule has 3 N–H and O–H groups in total. The van der Waals surface area contributed by atoms with E-state index >= 15 is 0 Å². The Morgan fingerprint density at radius 1 is 1.03 bits per heavy atom. The zero-order valence-electron chi connectivity index (χ0n) is 15.9. The largest absolute Gasteiger partial charge is 0.494 e. The molecule has 2 aromatic carbocycles. The van der Waals surface area contributed by atoms with Gasteiger partial charge in [0.05, 0.1) is 11.5 Å². The van der Waals surface area contributed by atoms with Crippen LogP contribution >= 0.6 is 12.2 Å². The maximum absolute atomic E-state index is 12.3. The molecule has 2 aromatic rings. The monoisotopic (exact) mass is 435 g/mol. The van der Waals surface area contributed by atoms with Crippen LogP contribution in [0.1, 0.15) is 30.6 Å². The summed E-state index contributed by atoms with van der Waals surface area (Å²) in [5.41, 5.74) is 0.884. The first-order chi connectivity index (χ1) is 13.7. The van der Waals surface area contributed by atoms with Crippen molar-refractivity contribution in [3.8, 4) is 5.75 Å². The number of thiocarbonyl (C=S) groups is 1. The summed E-state index contributed by atoms with van der Waals surface area (Å²) in [6.07, 6.45) is 0.891. The quantitative estimate of drug-likeness (QED) is 0.573. The van der Waals surface area contributed by atoms with Crippen LogP contribution in [0, 0.1) is 0 Å². The molecule has 0 fully saturated rings. The summed E-state index contributed by atoms with van der Waals surface area (Å²) in [7, 11) is -3.91. The fourth-order valence-electron chi connectivity index (χ4n) is 2.23. The molecular formula is C19H21N3O5S2. The third-order valence-electron chi connectivity index (χ3n) is 3.52. The lowest BCUT2D eigenvalue weighted by molar-refractivity contribution is -0.117. The van der Waals surface area contributed by atoms with Crippen molar-refractivity contribution in [1.82, 2.24) is 10.0 Å². The van der Waals surface area contributed by atoms with Crippen molar-refractivity contribution in [3.63, 3.8) is 0 Å². The van der Waals surface area contributed by atoms with E-state index in [2.05, 4.69) is 10.6 Å². The number of carbonyl (C=O) groups excluding carboxylic acids is 2.